The van der Waals surface area contributed by atoms with E-state index in [1.807, 2.05) is 6.92 Å². The van der Waals surface area contributed by atoms with Gasteiger partial charge in [-0.3, -0.25) is 10.1 Å². The van der Waals surface area contributed by atoms with Crippen molar-refractivity contribution in [3.63, 3.8) is 0 Å². The minimum atomic E-state index is -0.848. The number of methoxy groups -OCH3 is 1. The number of hydrogen-bond acceptors (Lipinski definition) is 9. The number of dihydropyridines is 1. The van der Waals surface area contributed by atoms with Crippen molar-refractivity contribution in [1.29, 1.82) is 0 Å². The predicted molar refractivity (Wildman–Crippen MR) is 120 cm³/mol. The molecule has 31 heavy (non-hydrogen) atoms. The van der Waals surface area contributed by atoms with Crippen molar-refractivity contribution in [2.45, 2.75) is 37.9 Å². The third kappa shape index (κ3) is 4.90. The van der Waals surface area contributed by atoms with E-state index in [-0.39, 0.29) is 28.2 Å². The number of non-ortho nitro benzene ring substituents is 1. The Labute approximate surface area is 188 Å². The number of esters is 2. The van der Waals surface area contributed by atoms with Crippen LogP contribution in [0.1, 0.15) is 38.7 Å². The number of carbonyl (C=O) groups excluding carboxylic acids is 2. The molecule has 0 aromatic heterocycles. The Morgan fingerprint density at radius 3 is 2.52 bits per heavy atom. The maximum atomic E-state index is 13.2. The van der Waals surface area contributed by atoms with Crippen molar-refractivity contribution in [3.8, 4) is 0 Å². The van der Waals surface area contributed by atoms with Gasteiger partial charge in [0.05, 0.1) is 33.8 Å². The van der Waals surface area contributed by atoms with Crippen LogP contribution in [-0.4, -0.2) is 41.1 Å². The highest BCUT2D eigenvalue weighted by molar-refractivity contribution is 8.77. The highest BCUT2D eigenvalue weighted by Gasteiger charge is 2.39. The number of allylic oxidation sites excluding steroid dienone is 2. The Morgan fingerprint density at radius 2 is 1.94 bits per heavy atom. The first kappa shape index (κ1) is 23.2. The van der Waals surface area contributed by atoms with Crippen molar-refractivity contribution < 1.29 is 24.0 Å². The Balaban J connectivity index is 2.03. The van der Waals surface area contributed by atoms with Gasteiger partial charge in [-0.25, -0.2) is 9.59 Å². The molecule has 1 aromatic carbocycles. The Hall–Kier alpha value is -2.46. The normalized spacial score (nSPS) is 23.4. The first-order valence-corrected chi connectivity index (χ1v) is 12.0. The second-order valence-electron chi connectivity index (χ2n) is 7.66. The van der Waals surface area contributed by atoms with Crippen molar-refractivity contribution in [2.75, 3.05) is 19.5 Å². The van der Waals surface area contributed by atoms with Gasteiger partial charge >= 0.3 is 11.9 Å². The molecule has 2 heterocycles. The van der Waals surface area contributed by atoms with Gasteiger partial charge in [0.25, 0.3) is 5.69 Å². The minimum Gasteiger partial charge on any atom is -0.466 e. The fourth-order valence-corrected chi connectivity index (χ4v) is 6.74. The third-order valence-corrected chi connectivity index (χ3v) is 8.56. The van der Waals surface area contributed by atoms with Gasteiger partial charge in [-0.05, 0) is 32.8 Å². The summed E-state index contributed by atoms with van der Waals surface area (Å²) >= 11 is 0. The van der Waals surface area contributed by atoms with Gasteiger partial charge in [0.1, 0.15) is 6.61 Å². The lowest BCUT2D eigenvalue weighted by atomic mass is 9.80. The average molecular weight is 465 g/mol. The molecular weight excluding hydrogens is 440 g/mol. The van der Waals surface area contributed by atoms with Crippen molar-refractivity contribution in [1.82, 2.24) is 5.32 Å². The maximum absolute atomic E-state index is 13.2. The molecule has 2 atom stereocenters. The lowest BCUT2D eigenvalue weighted by Crippen LogP contribution is -2.34. The van der Waals surface area contributed by atoms with Crippen LogP contribution >= 0.6 is 21.6 Å². The molecule has 0 bridgehead atoms. The van der Waals surface area contributed by atoms with Gasteiger partial charge in [-0.15, -0.1) is 0 Å². The van der Waals surface area contributed by atoms with Gasteiger partial charge in [-0.2, -0.15) is 0 Å². The highest BCUT2D eigenvalue weighted by atomic mass is 33.1. The van der Waals surface area contributed by atoms with E-state index in [1.165, 1.54) is 25.3 Å². The highest BCUT2D eigenvalue weighted by Crippen LogP contribution is 2.47. The molecular formula is C21H24N2O6S2. The summed E-state index contributed by atoms with van der Waals surface area (Å²) in [6.45, 7) is 5.71. The van der Waals surface area contributed by atoms with Gasteiger partial charge in [0.15, 0.2) is 0 Å². The van der Waals surface area contributed by atoms with E-state index in [0.29, 0.717) is 17.0 Å². The molecule has 3 rings (SSSR count). The Bertz CT molecular complexity index is 982. The van der Waals surface area contributed by atoms with Crippen molar-refractivity contribution in [3.05, 3.63) is 62.5 Å². The van der Waals surface area contributed by atoms with Gasteiger partial charge < -0.3 is 14.8 Å². The van der Waals surface area contributed by atoms with Crippen LogP contribution in [0, 0.1) is 10.1 Å². The fourth-order valence-electron chi connectivity index (χ4n) is 3.67. The summed E-state index contributed by atoms with van der Waals surface area (Å²) in [5.41, 5.74) is 1.83. The zero-order valence-corrected chi connectivity index (χ0v) is 19.4. The zero-order chi connectivity index (χ0) is 22.8. The number of rotatable bonds is 6. The molecule has 2 aliphatic rings. The maximum Gasteiger partial charge on any atom is 0.336 e. The summed E-state index contributed by atoms with van der Waals surface area (Å²) in [4.78, 5) is 36.7. The molecule has 8 nitrogen and oxygen atoms in total. The van der Waals surface area contributed by atoms with Crippen LogP contribution in [0.3, 0.4) is 0 Å². The van der Waals surface area contributed by atoms with Gasteiger partial charge in [-0.1, -0.05) is 33.7 Å². The van der Waals surface area contributed by atoms with Crippen LogP contribution in [0.2, 0.25) is 0 Å². The summed E-state index contributed by atoms with van der Waals surface area (Å²) in [6.07, 6.45) is 0.923. The number of carbonyl (C=O) groups is 2. The second kappa shape index (κ2) is 9.35. The largest absolute Gasteiger partial charge is 0.466 e. The molecule has 0 radical (unpaired) electrons. The number of nitrogens with zero attached hydrogens (tertiary/aromatic N) is 1. The number of nitro groups is 1. The first-order chi connectivity index (χ1) is 14.7. The van der Waals surface area contributed by atoms with E-state index in [4.69, 9.17) is 9.47 Å². The van der Waals surface area contributed by atoms with Crippen LogP contribution in [0.15, 0.2) is 46.8 Å². The van der Waals surface area contributed by atoms with E-state index in [9.17, 15) is 19.7 Å². The molecule has 2 unspecified atom stereocenters. The fraction of sp³-hybridized carbons (Fsp3) is 0.429. The van der Waals surface area contributed by atoms with Crippen LogP contribution < -0.4 is 5.32 Å². The van der Waals surface area contributed by atoms with Crippen LogP contribution in [0.25, 0.3) is 0 Å². The summed E-state index contributed by atoms with van der Waals surface area (Å²) < 4.78 is 10.5. The smallest absolute Gasteiger partial charge is 0.336 e. The molecule has 166 valence electrons. The standard InChI is InChI=1S/C21H24N2O6S2/c1-12-16(19(24)28-4)18(14-6-5-7-15(10-14)23(26)27)17(13(2)22-12)20(25)29-11-21(3)8-9-30-31-21/h5-7,10,18,22H,8-9,11H2,1-4H3. The number of benzene rings is 1. The van der Waals surface area contributed by atoms with Gasteiger partial charge in [0.2, 0.25) is 0 Å². The Morgan fingerprint density at radius 1 is 1.26 bits per heavy atom. The molecule has 1 N–H and O–H groups in total. The summed E-state index contributed by atoms with van der Waals surface area (Å²) in [5.74, 6) is -1.03. The van der Waals surface area contributed by atoms with Crippen LogP contribution in [-0.2, 0) is 19.1 Å². The zero-order valence-electron chi connectivity index (χ0n) is 17.7. The molecule has 1 saturated heterocycles. The van der Waals surface area contributed by atoms with Crippen LogP contribution in [0.5, 0.6) is 0 Å². The van der Waals surface area contributed by atoms with E-state index >= 15 is 0 Å². The minimum absolute atomic E-state index is 0.129. The second-order valence-corrected chi connectivity index (χ2v) is 10.7. The van der Waals surface area contributed by atoms with Crippen molar-refractivity contribution in [2.24, 2.45) is 0 Å². The third-order valence-electron chi connectivity index (χ3n) is 5.28. The average Bonchev–Trinajstić information content (AvgIpc) is 3.18. The van der Waals surface area contributed by atoms with E-state index in [0.717, 1.165) is 12.2 Å². The SMILES string of the molecule is COC(=O)C1=C(C)NC(C)=C(C(=O)OCC2(C)CCSS2)C1c1cccc([N+](=O)[O-])c1. The number of nitro benzene ring substituents is 1. The summed E-state index contributed by atoms with van der Waals surface area (Å²) in [7, 11) is 4.70. The predicted octanol–water partition coefficient (Wildman–Crippen LogP) is 4.09. The topological polar surface area (TPSA) is 108 Å². The summed E-state index contributed by atoms with van der Waals surface area (Å²) in [5, 5.41) is 14.4. The van der Waals surface area contributed by atoms with E-state index in [2.05, 4.69) is 5.32 Å². The molecule has 0 spiro atoms. The number of hydrogen-bond donors (Lipinski definition) is 1. The molecule has 0 saturated carbocycles. The molecule has 10 heteroatoms. The first-order valence-electron chi connectivity index (χ1n) is 9.66. The van der Waals surface area contributed by atoms with Gasteiger partial charge in [0, 0.05) is 29.3 Å². The van der Waals surface area contributed by atoms with E-state index in [1.54, 1.807) is 41.5 Å². The van der Waals surface area contributed by atoms with Crippen molar-refractivity contribution >= 4 is 39.2 Å². The number of ether oxygens (including phenoxy) is 2. The quantitative estimate of drug-likeness (QED) is 0.288. The molecule has 1 fully saturated rings. The molecule has 2 aliphatic heterocycles. The summed E-state index contributed by atoms with van der Waals surface area (Å²) in [6, 6.07) is 5.93. The lowest BCUT2D eigenvalue weighted by Gasteiger charge is -2.31. The molecule has 0 amide bonds. The lowest BCUT2D eigenvalue weighted by molar-refractivity contribution is -0.384. The van der Waals surface area contributed by atoms with E-state index < -0.39 is 22.8 Å². The monoisotopic (exact) mass is 464 g/mol. The van der Waals surface area contributed by atoms with Crippen LogP contribution in [0.4, 0.5) is 5.69 Å². The molecule has 0 aliphatic carbocycles. The number of nitrogens with one attached hydrogen (secondary N) is 1. The Kier molecular flexibility index (Phi) is 7.00. The molecule has 1 aromatic rings.